The van der Waals surface area contributed by atoms with Crippen LogP contribution in [0.2, 0.25) is 0 Å². The zero-order valence-electron chi connectivity index (χ0n) is 12.8. The van der Waals surface area contributed by atoms with E-state index in [1.54, 1.807) is 13.8 Å². The molecule has 3 nitrogen and oxygen atoms in total. The van der Waals surface area contributed by atoms with Gasteiger partial charge in [-0.3, -0.25) is 9.69 Å². The summed E-state index contributed by atoms with van der Waals surface area (Å²) in [5.74, 6) is -1.33. The number of likely N-dealkylation sites (tertiary alicyclic amines) is 1. The summed E-state index contributed by atoms with van der Waals surface area (Å²) >= 11 is 0. The van der Waals surface area contributed by atoms with E-state index in [-0.39, 0.29) is 24.9 Å². The lowest BCUT2D eigenvalue weighted by Gasteiger charge is -2.44. The van der Waals surface area contributed by atoms with Gasteiger partial charge in [0.15, 0.2) is 0 Å². The average molecular weight is 306 g/mol. The first-order valence-electron chi connectivity index (χ1n) is 7.77. The number of carbonyl (C=O) groups is 1. The number of piperidine rings is 1. The summed E-state index contributed by atoms with van der Waals surface area (Å²) in [7, 11) is 0. The van der Waals surface area contributed by atoms with Gasteiger partial charge in [-0.2, -0.15) is 13.2 Å². The fourth-order valence-corrected chi connectivity index (χ4v) is 3.76. The van der Waals surface area contributed by atoms with E-state index in [0.717, 1.165) is 25.7 Å². The molecule has 1 saturated heterocycles. The van der Waals surface area contributed by atoms with Gasteiger partial charge in [-0.05, 0) is 31.2 Å². The molecule has 1 aliphatic heterocycles. The van der Waals surface area contributed by atoms with Crippen LogP contribution in [0.4, 0.5) is 13.2 Å². The summed E-state index contributed by atoms with van der Waals surface area (Å²) in [6.07, 6.45) is 0.263. The first-order chi connectivity index (χ1) is 9.68. The van der Waals surface area contributed by atoms with Gasteiger partial charge in [-0.25, -0.2) is 0 Å². The van der Waals surface area contributed by atoms with E-state index in [9.17, 15) is 18.0 Å². The molecule has 0 bridgehead atoms. The summed E-state index contributed by atoms with van der Waals surface area (Å²) in [6.45, 7) is 4.16. The van der Waals surface area contributed by atoms with Crippen LogP contribution in [0.1, 0.15) is 46.0 Å². The van der Waals surface area contributed by atoms with Crippen LogP contribution in [0.25, 0.3) is 0 Å². The minimum absolute atomic E-state index is 0.0526. The SMILES string of the molecule is CC1(C)CN(CC(=O)NC2CCCC2)CCC1C(F)(F)F. The van der Waals surface area contributed by atoms with Crippen molar-refractivity contribution in [1.29, 1.82) is 0 Å². The van der Waals surface area contributed by atoms with Gasteiger partial charge < -0.3 is 5.32 Å². The molecule has 2 aliphatic rings. The highest BCUT2D eigenvalue weighted by Crippen LogP contribution is 2.44. The van der Waals surface area contributed by atoms with E-state index in [4.69, 9.17) is 0 Å². The molecule has 122 valence electrons. The summed E-state index contributed by atoms with van der Waals surface area (Å²) in [5.41, 5.74) is -0.843. The monoisotopic (exact) mass is 306 g/mol. The molecule has 1 atom stereocenters. The molecular formula is C15H25F3N2O. The van der Waals surface area contributed by atoms with Crippen LogP contribution in [-0.4, -0.2) is 42.7 Å². The highest BCUT2D eigenvalue weighted by molar-refractivity contribution is 5.78. The number of halogens is 3. The van der Waals surface area contributed by atoms with Gasteiger partial charge in [0.25, 0.3) is 0 Å². The zero-order valence-corrected chi connectivity index (χ0v) is 12.8. The molecule has 1 heterocycles. The van der Waals surface area contributed by atoms with E-state index in [0.29, 0.717) is 13.1 Å². The lowest BCUT2D eigenvalue weighted by atomic mass is 9.73. The molecule has 21 heavy (non-hydrogen) atoms. The summed E-state index contributed by atoms with van der Waals surface area (Å²) < 4.78 is 39.0. The van der Waals surface area contributed by atoms with E-state index in [1.807, 2.05) is 4.90 Å². The predicted molar refractivity (Wildman–Crippen MR) is 74.8 cm³/mol. The molecule has 1 unspecified atom stereocenters. The quantitative estimate of drug-likeness (QED) is 0.869. The van der Waals surface area contributed by atoms with Crippen LogP contribution in [0.3, 0.4) is 0 Å². The number of nitrogens with one attached hydrogen (secondary N) is 1. The second kappa shape index (κ2) is 6.15. The molecule has 1 N–H and O–H groups in total. The third-order valence-corrected chi connectivity index (χ3v) is 4.79. The van der Waals surface area contributed by atoms with Gasteiger partial charge in [0, 0.05) is 12.6 Å². The minimum atomic E-state index is -4.15. The standard InChI is InChI=1S/C15H25F3N2O/c1-14(2)10-20(8-7-12(14)15(16,17)18)9-13(21)19-11-5-3-4-6-11/h11-12H,3-10H2,1-2H3,(H,19,21). The van der Waals surface area contributed by atoms with Gasteiger partial charge in [0.1, 0.15) is 0 Å². The lowest BCUT2D eigenvalue weighted by Crippen LogP contribution is -2.53. The fourth-order valence-electron chi connectivity index (χ4n) is 3.76. The summed E-state index contributed by atoms with van der Waals surface area (Å²) in [6, 6.07) is 0.262. The molecule has 1 aliphatic carbocycles. The number of nitrogens with zero attached hydrogens (tertiary/aromatic N) is 1. The van der Waals surface area contributed by atoms with E-state index in [2.05, 4.69) is 5.32 Å². The Balaban J connectivity index is 1.85. The van der Waals surface area contributed by atoms with E-state index in [1.165, 1.54) is 0 Å². The lowest BCUT2D eigenvalue weighted by molar-refractivity contribution is -0.216. The second-order valence-electron chi connectivity index (χ2n) is 7.13. The van der Waals surface area contributed by atoms with Gasteiger partial charge in [0.05, 0.1) is 12.5 Å². The van der Waals surface area contributed by atoms with Crippen molar-refractivity contribution >= 4 is 5.91 Å². The first kappa shape index (κ1) is 16.6. The van der Waals surface area contributed by atoms with Crippen LogP contribution in [0, 0.1) is 11.3 Å². The van der Waals surface area contributed by atoms with Crippen LogP contribution < -0.4 is 5.32 Å². The van der Waals surface area contributed by atoms with Crippen molar-refractivity contribution < 1.29 is 18.0 Å². The van der Waals surface area contributed by atoms with Crippen LogP contribution >= 0.6 is 0 Å². The number of amides is 1. The van der Waals surface area contributed by atoms with Crippen molar-refractivity contribution in [1.82, 2.24) is 10.2 Å². The normalized spacial score (nSPS) is 27.8. The van der Waals surface area contributed by atoms with Crippen molar-refractivity contribution in [2.75, 3.05) is 19.6 Å². The maximum Gasteiger partial charge on any atom is 0.392 e. The van der Waals surface area contributed by atoms with Crippen LogP contribution in [0.15, 0.2) is 0 Å². The van der Waals surface area contributed by atoms with Crippen molar-refractivity contribution in [3.05, 3.63) is 0 Å². The Morgan fingerprint density at radius 3 is 2.38 bits per heavy atom. The topological polar surface area (TPSA) is 32.3 Å². The molecule has 0 aromatic rings. The average Bonchev–Trinajstić information content (AvgIpc) is 2.78. The zero-order chi connectivity index (χ0) is 15.7. The Labute approximate surface area is 124 Å². The molecule has 6 heteroatoms. The number of carbonyl (C=O) groups excluding carboxylic acids is 1. The maximum absolute atomic E-state index is 13.0. The van der Waals surface area contributed by atoms with Gasteiger partial charge in [-0.1, -0.05) is 26.7 Å². The maximum atomic E-state index is 13.0. The van der Waals surface area contributed by atoms with Gasteiger partial charge in [0.2, 0.25) is 5.91 Å². The molecule has 0 spiro atoms. The smallest absolute Gasteiger partial charge is 0.352 e. The predicted octanol–water partition coefficient (Wildman–Crippen LogP) is 2.96. The van der Waals surface area contributed by atoms with Crippen molar-refractivity contribution in [3.8, 4) is 0 Å². The number of alkyl halides is 3. The molecule has 1 amide bonds. The van der Waals surface area contributed by atoms with Crippen LogP contribution in [-0.2, 0) is 4.79 Å². The Bertz CT molecular complexity index is 376. The number of rotatable bonds is 3. The van der Waals surface area contributed by atoms with Crippen molar-refractivity contribution in [2.24, 2.45) is 11.3 Å². The Kier molecular flexibility index (Phi) is 4.85. The van der Waals surface area contributed by atoms with Gasteiger partial charge in [-0.15, -0.1) is 0 Å². The van der Waals surface area contributed by atoms with Crippen molar-refractivity contribution in [3.63, 3.8) is 0 Å². The Hall–Kier alpha value is -0.780. The van der Waals surface area contributed by atoms with Crippen LogP contribution in [0.5, 0.6) is 0 Å². The highest BCUT2D eigenvalue weighted by Gasteiger charge is 2.51. The first-order valence-corrected chi connectivity index (χ1v) is 7.77. The molecule has 0 aromatic heterocycles. The van der Waals surface area contributed by atoms with Gasteiger partial charge >= 0.3 is 6.18 Å². The second-order valence-corrected chi connectivity index (χ2v) is 7.13. The number of hydrogen-bond donors (Lipinski definition) is 1. The fraction of sp³-hybridized carbons (Fsp3) is 0.933. The summed E-state index contributed by atoms with van der Waals surface area (Å²) in [4.78, 5) is 13.8. The van der Waals surface area contributed by atoms with Crippen molar-refractivity contribution in [2.45, 2.75) is 58.2 Å². The molecule has 0 radical (unpaired) electrons. The molecule has 1 saturated carbocycles. The molecule has 2 fully saturated rings. The highest BCUT2D eigenvalue weighted by atomic mass is 19.4. The molecular weight excluding hydrogens is 281 g/mol. The number of hydrogen-bond acceptors (Lipinski definition) is 2. The minimum Gasteiger partial charge on any atom is -0.352 e. The molecule has 0 aromatic carbocycles. The molecule has 2 rings (SSSR count). The third kappa shape index (κ3) is 4.34. The van der Waals surface area contributed by atoms with E-state index >= 15 is 0 Å². The van der Waals surface area contributed by atoms with E-state index < -0.39 is 17.5 Å². The Morgan fingerprint density at radius 2 is 1.86 bits per heavy atom. The Morgan fingerprint density at radius 1 is 1.24 bits per heavy atom. The summed E-state index contributed by atoms with van der Waals surface area (Å²) in [5, 5.41) is 2.99. The third-order valence-electron chi connectivity index (χ3n) is 4.79. The largest absolute Gasteiger partial charge is 0.392 e.